The monoisotopic (exact) mass is 928 g/mol. The number of carbonyl (C=O) groups excluding carboxylic acids is 1. The van der Waals surface area contributed by atoms with Crippen LogP contribution >= 0.6 is 7.82 Å². The third kappa shape index (κ3) is 49.2. The zero-order valence-corrected chi connectivity index (χ0v) is 44.4. The van der Waals surface area contributed by atoms with E-state index in [1.54, 1.807) is 6.08 Å². The maximum absolute atomic E-state index is 12.9. The SMILES string of the molecule is CCCCCCCCC/C=C/[C@@H](O)[C@H](COP(=O)(O)OCC[N+](C)(C)C)NC(=O)CCCCCCCCCCCCCCCCCCCCCCCCCCCCCCCCCCC. The molecule has 0 aliphatic rings. The summed E-state index contributed by atoms with van der Waals surface area (Å²) in [6.45, 7) is 4.82. The van der Waals surface area contributed by atoms with Gasteiger partial charge in [0.05, 0.1) is 39.9 Å². The molecule has 0 aromatic heterocycles. The van der Waals surface area contributed by atoms with Gasteiger partial charge in [-0.2, -0.15) is 0 Å². The van der Waals surface area contributed by atoms with Gasteiger partial charge in [-0.05, 0) is 19.3 Å². The molecule has 9 heteroatoms. The molecule has 382 valence electrons. The van der Waals surface area contributed by atoms with E-state index in [1.165, 1.54) is 225 Å². The molecule has 0 rings (SSSR count). The molecule has 0 heterocycles. The molecule has 0 bridgehead atoms. The van der Waals surface area contributed by atoms with E-state index in [0.717, 1.165) is 38.5 Å². The Hall–Kier alpha value is -0.760. The first kappa shape index (κ1) is 63.2. The number of phosphoric acid groups is 1. The largest absolute Gasteiger partial charge is 0.472 e. The Balaban J connectivity index is 3.86. The van der Waals surface area contributed by atoms with Crippen molar-refractivity contribution in [3.05, 3.63) is 12.2 Å². The number of likely N-dealkylation sites (N-methyl/N-ethyl adjacent to an activating group) is 1. The summed E-state index contributed by atoms with van der Waals surface area (Å²) < 4.78 is 23.6. The van der Waals surface area contributed by atoms with E-state index in [0.29, 0.717) is 17.4 Å². The van der Waals surface area contributed by atoms with Crippen LogP contribution in [0.25, 0.3) is 0 Å². The lowest BCUT2D eigenvalue weighted by Gasteiger charge is -2.25. The van der Waals surface area contributed by atoms with Crippen molar-refractivity contribution < 1.29 is 32.9 Å². The quantitative estimate of drug-likeness (QED) is 0.0243. The molecular weight excluding hydrogens is 816 g/mol. The molecular formula is C55H112N2O6P+. The number of aliphatic hydroxyl groups is 1. The van der Waals surface area contributed by atoms with Gasteiger partial charge in [-0.3, -0.25) is 13.8 Å². The first-order valence-corrected chi connectivity index (χ1v) is 29.6. The number of amides is 1. The fraction of sp³-hybridized carbons (Fsp3) is 0.945. The Bertz CT molecular complexity index is 1050. The number of nitrogens with one attached hydrogen (secondary N) is 1. The van der Waals surface area contributed by atoms with Gasteiger partial charge in [0.2, 0.25) is 5.91 Å². The maximum Gasteiger partial charge on any atom is 0.472 e. The lowest BCUT2D eigenvalue weighted by molar-refractivity contribution is -0.870. The van der Waals surface area contributed by atoms with Crippen molar-refractivity contribution in [1.29, 1.82) is 0 Å². The smallest absolute Gasteiger partial charge is 0.387 e. The van der Waals surface area contributed by atoms with Crippen molar-refractivity contribution >= 4 is 13.7 Å². The molecule has 0 radical (unpaired) electrons. The number of hydrogen-bond donors (Lipinski definition) is 3. The molecule has 0 fully saturated rings. The van der Waals surface area contributed by atoms with Crippen LogP contribution in [-0.2, 0) is 18.4 Å². The molecule has 0 aliphatic carbocycles. The normalized spacial score (nSPS) is 14.0. The topological polar surface area (TPSA) is 105 Å². The van der Waals surface area contributed by atoms with Crippen molar-refractivity contribution in [2.75, 3.05) is 40.9 Å². The number of carbonyl (C=O) groups is 1. The molecule has 3 atom stereocenters. The predicted octanol–water partition coefficient (Wildman–Crippen LogP) is 16.7. The van der Waals surface area contributed by atoms with Crippen molar-refractivity contribution in [1.82, 2.24) is 5.32 Å². The second-order valence-electron chi connectivity index (χ2n) is 20.7. The fourth-order valence-corrected chi connectivity index (χ4v) is 9.31. The second-order valence-corrected chi connectivity index (χ2v) is 22.1. The molecule has 0 spiro atoms. The predicted molar refractivity (Wildman–Crippen MR) is 277 cm³/mol. The third-order valence-corrected chi connectivity index (χ3v) is 14.0. The van der Waals surface area contributed by atoms with Crippen LogP contribution in [0.4, 0.5) is 0 Å². The summed E-state index contributed by atoms with van der Waals surface area (Å²) >= 11 is 0. The molecule has 0 saturated carbocycles. The zero-order valence-electron chi connectivity index (χ0n) is 43.6. The van der Waals surface area contributed by atoms with Crippen LogP contribution < -0.4 is 5.32 Å². The molecule has 0 saturated heterocycles. The van der Waals surface area contributed by atoms with Crippen LogP contribution in [0.5, 0.6) is 0 Å². The molecule has 0 aromatic carbocycles. The first-order chi connectivity index (χ1) is 31.0. The van der Waals surface area contributed by atoms with Gasteiger partial charge in [-0.15, -0.1) is 0 Å². The van der Waals surface area contributed by atoms with E-state index in [2.05, 4.69) is 19.2 Å². The van der Waals surface area contributed by atoms with Gasteiger partial charge in [-0.25, -0.2) is 4.57 Å². The molecule has 3 N–H and O–H groups in total. The van der Waals surface area contributed by atoms with Crippen LogP contribution in [0.3, 0.4) is 0 Å². The molecule has 8 nitrogen and oxygen atoms in total. The molecule has 64 heavy (non-hydrogen) atoms. The Labute approximate surface area is 399 Å². The Morgan fingerprint density at radius 2 is 0.828 bits per heavy atom. The second kappa shape index (κ2) is 47.3. The maximum atomic E-state index is 12.9. The van der Waals surface area contributed by atoms with Crippen molar-refractivity contribution in [2.24, 2.45) is 0 Å². The van der Waals surface area contributed by atoms with E-state index in [1.807, 2.05) is 27.2 Å². The van der Waals surface area contributed by atoms with Gasteiger partial charge in [0.15, 0.2) is 0 Å². The average Bonchev–Trinajstić information content (AvgIpc) is 3.25. The molecule has 1 amide bonds. The Morgan fingerprint density at radius 1 is 0.516 bits per heavy atom. The fourth-order valence-electron chi connectivity index (χ4n) is 8.57. The highest BCUT2D eigenvalue weighted by atomic mass is 31.2. The average molecular weight is 928 g/mol. The van der Waals surface area contributed by atoms with E-state index in [9.17, 15) is 19.4 Å². The summed E-state index contributed by atoms with van der Waals surface area (Å²) in [6.07, 6.45) is 57.7. The highest BCUT2D eigenvalue weighted by Crippen LogP contribution is 2.43. The summed E-state index contributed by atoms with van der Waals surface area (Å²) in [7, 11) is 1.58. The van der Waals surface area contributed by atoms with Gasteiger partial charge in [-0.1, -0.05) is 270 Å². The first-order valence-electron chi connectivity index (χ1n) is 28.1. The molecule has 1 unspecified atom stereocenters. The number of nitrogens with zero attached hydrogens (tertiary/aromatic N) is 1. The summed E-state index contributed by atoms with van der Waals surface area (Å²) in [4.78, 5) is 23.1. The Kier molecular flexibility index (Phi) is 46.8. The van der Waals surface area contributed by atoms with Gasteiger partial charge in [0, 0.05) is 6.42 Å². The minimum absolute atomic E-state index is 0.0644. The standard InChI is InChI=1S/C55H111N2O6P/c1-6-8-10-12-14-16-17-18-19-20-21-22-23-24-25-26-27-28-29-30-31-32-33-34-35-36-37-38-39-41-43-45-47-49-55(59)56-53(52-63-64(60,61)62-51-50-57(3,4)5)54(58)48-46-44-42-40-15-13-11-9-7-2/h46,48,53-54,58H,6-45,47,49-52H2,1-5H3,(H-,56,59,60,61)/p+1/b48-46+/t53-,54+/m0/s1. The molecule has 0 aliphatic heterocycles. The number of unbranched alkanes of at least 4 members (excludes halogenated alkanes) is 39. The Morgan fingerprint density at radius 3 is 1.16 bits per heavy atom. The summed E-state index contributed by atoms with van der Waals surface area (Å²) in [6, 6.07) is -0.839. The number of allylic oxidation sites excluding steroid dienone is 1. The summed E-state index contributed by atoms with van der Waals surface area (Å²) in [5, 5.41) is 13.8. The minimum Gasteiger partial charge on any atom is -0.387 e. The van der Waals surface area contributed by atoms with E-state index in [-0.39, 0.29) is 19.1 Å². The van der Waals surface area contributed by atoms with Crippen LogP contribution in [-0.4, -0.2) is 73.4 Å². The van der Waals surface area contributed by atoms with E-state index in [4.69, 9.17) is 9.05 Å². The third-order valence-electron chi connectivity index (χ3n) is 13.0. The minimum atomic E-state index is -4.33. The number of aliphatic hydroxyl groups excluding tert-OH is 1. The van der Waals surface area contributed by atoms with E-state index >= 15 is 0 Å². The lowest BCUT2D eigenvalue weighted by atomic mass is 10.0. The lowest BCUT2D eigenvalue weighted by Crippen LogP contribution is -2.45. The number of rotatable bonds is 52. The van der Waals surface area contributed by atoms with Crippen molar-refractivity contribution in [2.45, 2.75) is 296 Å². The number of quaternary nitrogens is 1. The summed E-state index contributed by atoms with van der Waals surface area (Å²) in [5.74, 6) is -0.174. The van der Waals surface area contributed by atoms with E-state index < -0.39 is 20.0 Å². The van der Waals surface area contributed by atoms with Crippen molar-refractivity contribution in [3.8, 4) is 0 Å². The van der Waals surface area contributed by atoms with Crippen molar-refractivity contribution in [3.63, 3.8) is 0 Å². The van der Waals surface area contributed by atoms with Crippen LogP contribution in [0.2, 0.25) is 0 Å². The van der Waals surface area contributed by atoms with Gasteiger partial charge < -0.3 is 19.8 Å². The van der Waals surface area contributed by atoms with Gasteiger partial charge >= 0.3 is 7.82 Å². The van der Waals surface area contributed by atoms with Gasteiger partial charge in [0.25, 0.3) is 0 Å². The molecule has 0 aromatic rings. The summed E-state index contributed by atoms with van der Waals surface area (Å²) in [5.41, 5.74) is 0. The zero-order chi connectivity index (χ0) is 47.1. The van der Waals surface area contributed by atoms with Gasteiger partial charge in [0.1, 0.15) is 13.2 Å². The number of hydrogen-bond acceptors (Lipinski definition) is 5. The highest BCUT2D eigenvalue weighted by molar-refractivity contribution is 7.47. The highest BCUT2D eigenvalue weighted by Gasteiger charge is 2.27. The van der Waals surface area contributed by atoms with Crippen LogP contribution in [0, 0.1) is 0 Å². The number of phosphoric ester groups is 1. The van der Waals surface area contributed by atoms with Crippen LogP contribution in [0.1, 0.15) is 284 Å². The van der Waals surface area contributed by atoms with Crippen LogP contribution in [0.15, 0.2) is 12.2 Å².